The van der Waals surface area contributed by atoms with Crippen molar-refractivity contribution in [3.8, 4) is 0 Å². The van der Waals surface area contributed by atoms with Crippen LogP contribution in [-0.4, -0.2) is 17.1 Å². The van der Waals surface area contributed by atoms with Gasteiger partial charge in [0.15, 0.2) is 0 Å². The molecule has 0 fully saturated rings. The van der Waals surface area contributed by atoms with Gasteiger partial charge in [0.1, 0.15) is 11.9 Å². The number of benzene rings is 1. The summed E-state index contributed by atoms with van der Waals surface area (Å²) in [5, 5.41) is 11.8. The van der Waals surface area contributed by atoms with Crippen LogP contribution in [0, 0.1) is 5.82 Å². The Labute approximate surface area is 94.3 Å². The highest BCUT2D eigenvalue weighted by Gasteiger charge is 2.14. The number of hydrogen-bond acceptors (Lipinski definition) is 2. The molecule has 0 amide bonds. The van der Waals surface area contributed by atoms with Crippen LogP contribution in [0.1, 0.15) is 25.3 Å². The van der Waals surface area contributed by atoms with Crippen LogP contribution in [0.15, 0.2) is 24.3 Å². The lowest BCUT2D eigenvalue weighted by molar-refractivity contribution is -0.139. The fourth-order valence-corrected chi connectivity index (χ4v) is 1.49. The van der Waals surface area contributed by atoms with Gasteiger partial charge in [-0.25, -0.2) is 4.39 Å². The Hall–Kier alpha value is -1.42. The predicted molar refractivity (Wildman–Crippen MR) is 59.6 cm³/mol. The molecule has 0 saturated carbocycles. The van der Waals surface area contributed by atoms with Gasteiger partial charge >= 0.3 is 5.97 Å². The third kappa shape index (κ3) is 3.98. The molecule has 0 heterocycles. The Morgan fingerprint density at radius 1 is 1.56 bits per heavy atom. The Morgan fingerprint density at radius 3 is 2.88 bits per heavy atom. The second-order valence-electron chi connectivity index (χ2n) is 3.69. The van der Waals surface area contributed by atoms with E-state index in [1.165, 1.54) is 12.1 Å². The molecule has 1 aromatic rings. The molecule has 0 spiro atoms. The molecule has 1 aromatic carbocycles. The first-order valence-electron chi connectivity index (χ1n) is 5.34. The van der Waals surface area contributed by atoms with E-state index in [1.807, 2.05) is 6.92 Å². The van der Waals surface area contributed by atoms with Crippen molar-refractivity contribution in [1.29, 1.82) is 0 Å². The summed E-state index contributed by atoms with van der Waals surface area (Å²) >= 11 is 0. The molecule has 0 radical (unpaired) electrons. The summed E-state index contributed by atoms with van der Waals surface area (Å²) in [6.45, 7) is 2.30. The number of carboxylic acid groups (broad SMARTS) is 1. The van der Waals surface area contributed by atoms with Gasteiger partial charge < -0.3 is 10.4 Å². The highest BCUT2D eigenvalue weighted by molar-refractivity contribution is 5.73. The first-order chi connectivity index (χ1) is 7.63. The van der Waals surface area contributed by atoms with Crippen molar-refractivity contribution < 1.29 is 14.3 Å². The average molecular weight is 225 g/mol. The zero-order valence-corrected chi connectivity index (χ0v) is 9.24. The van der Waals surface area contributed by atoms with Crippen molar-refractivity contribution in [3.05, 3.63) is 35.6 Å². The van der Waals surface area contributed by atoms with Gasteiger partial charge in [0.2, 0.25) is 0 Å². The average Bonchev–Trinajstić information content (AvgIpc) is 2.24. The van der Waals surface area contributed by atoms with Crippen LogP contribution in [-0.2, 0) is 11.3 Å². The molecule has 0 aliphatic rings. The lowest BCUT2D eigenvalue weighted by Crippen LogP contribution is -2.35. The van der Waals surface area contributed by atoms with Crippen LogP contribution >= 0.6 is 0 Å². The first-order valence-corrected chi connectivity index (χ1v) is 5.34. The van der Waals surface area contributed by atoms with Gasteiger partial charge in [-0.2, -0.15) is 0 Å². The van der Waals surface area contributed by atoms with Crippen LogP contribution in [0.25, 0.3) is 0 Å². The van der Waals surface area contributed by atoms with Gasteiger partial charge in [-0.1, -0.05) is 25.5 Å². The molecule has 0 saturated heterocycles. The molecule has 0 bridgehead atoms. The van der Waals surface area contributed by atoms with E-state index < -0.39 is 12.0 Å². The molecule has 1 rings (SSSR count). The van der Waals surface area contributed by atoms with E-state index >= 15 is 0 Å². The molecule has 1 unspecified atom stereocenters. The van der Waals surface area contributed by atoms with Gasteiger partial charge in [0.25, 0.3) is 0 Å². The molecule has 2 N–H and O–H groups in total. The van der Waals surface area contributed by atoms with Crippen molar-refractivity contribution in [3.63, 3.8) is 0 Å². The van der Waals surface area contributed by atoms with Crippen molar-refractivity contribution in [2.24, 2.45) is 0 Å². The lowest BCUT2D eigenvalue weighted by atomic mass is 10.1. The summed E-state index contributed by atoms with van der Waals surface area (Å²) in [5.41, 5.74) is 0.752. The second-order valence-corrected chi connectivity index (χ2v) is 3.69. The third-order valence-electron chi connectivity index (χ3n) is 2.32. The summed E-state index contributed by atoms with van der Waals surface area (Å²) in [6.07, 6.45) is 1.37. The number of aliphatic carboxylic acids is 1. The maximum absolute atomic E-state index is 12.9. The van der Waals surface area contributed by atoms with Crippen molar-refractivity contribution >= 4 is 5.97 Å². The van der Waals surface area contributed by atoms with Gasteiger partial charge in [-0.15, -0.1) is 0 Å². The van der Waals surface area contributed by atoms with Gasteiger partial charge in [0.05, 0.1) is 0 Å². The summed E-state index contributed by atoms with van der Waals surface area (Å²) in [4.78, 5) is 10.8. The quantitative estimate of drug-likeness (QED) is 0.780. The SMILES string of the molecule is CCCC(NCc1cccc(F)c1)C(=O)O. The van der Waals surface area contributed by atoms with Crippen LogP contribution in [0.5, 0.6) is 0 Å². The summed E-state index contributed by atoms with van der Waals surface area (Å²) in [5.74, 6) is -1.17. The van der Waals surface area contributed by atoms with Crippen molar-refractivity contribution in [2.75, 3.05) is 0 Å². The number of carboxylic acids is 1. The lowest BCUT2D eigenvalue weighted by Gasteiger charge is -2.13. The van der Waals surface area contributed by atoms with E-state index in [4.69, 9.17) is 5.11 Å². The highest BCUT2D eigenvalue weighted by atomic mass is 19.1. The van der Waals surface area contributed by atoms with Crippen molar-refractivity contribution in [2.45, 2.75) is 32.4 Å². The Balaban J connectivity index is 2.51. The minimum absolute atomic E-state index is 0.304. The molecule has 88 valence electrons. The number of carbonyl (C=O) groups is 1. The summed E-state index contributed by atoms with van der Waals surface area (Å²) in [7, 11) is 0. The van der Waals surface area contributed by atoms with Crippen molar-refractivity contribution in [1.82, 2.24) is 5.32 Å². The molecule has 0 aliphatic heterocycles. The van der Waals surface area contributed by atoms with Crippen LogP contribution in [0.3, 0.4) is 0 Å². The first kappa shape index (κ1) is 12.6. The molecule has 16 heavy (non-hydrogen) atoms. The Bertz CT molecular complexity index is 355. The van der Waals surface area contributed by atoms with E-state index in [9.17, 15) is 9.18 Å². The van der Waals surface area contributed by atoms with Crippen LogP contribution in [0.4, 0.5) is 4.39 Å². The van der Waals surface area contributed by atoms with Gasteiger partial charge in [-0.05, 0) is 24.1 Å². The van der Waals surface area contributed by atoms with Gasteiger partial charge in [0, 0.05) is 6.54 Å². The van der Waals surface area contributed by atoms with Crippen LogP contribution < -0.4 is 5.32 Å². The minimum Gasteiger partial charge on any atom is -0.480 e. The van der Waals surface area contributed by atoms with Crippen LogP contribution in [0.2, 0.25) is 0 Å². The fraction of sp³-hybridized carbons (Fsp3) is 0.417. The van der Waals surface area contributed by atoms with E-state index in [0.29, 0.717) is 13.0 Å². The Kier molecular flexibility index (Phi) is 4.92. The summed E-state index contributed by atoms with van der Waals surface area (Å²) < 4.78 is 12.9. The fourth-order valence-electron chi connectivity index (χ4n) is 1.49. The second kappa shape index (κ2) is 6.23. The van der Waals surface area contributed by atoms with E-state index in [2.05, 4.69) is 5.32 Å². The van der Waals surface area contributed by atoms with Gasteiger partial charge in [-0.3, -0.25) is 4.79 Å². The normalized spacial score (nSPS) is 12.4. The molecule has 3 nitrogen and oxygen atoms in total. The molecule has 1 atom stereocenters. The largest absolute Gasteiger partial charge is 0.480 e. The zero-order chi connectivity index (χ0) is 12.0. The topological polar surface area (TPSA) is 49.3 Å². The summed E-state index contributed by atoms with van der Waals surface area (Å²) in [6, 6.07) is 5.58. The maximum Gasteiger partial charge on any atom is 0.320 e. The molecule has 4 heteroatoms. The van der Waals surface area contributed by atoms with E-state index in [-0.39, 0.29) is 5.82 Å². The highest BCUT2D eigenvalue weighted by Crippen LogP contribution is 2.04. The molecular weight excluding hydrogens is 209 g/mol. The monoisotopic (exact) mass is 225 g/mol. The maximum atomic E-state index is 12.9. The Morgan fingerprint density at radius 2 is 2.31 bits per heavy atom. The van der Waals surface area contributed by atoms with E-state index in [0.717, 1.165) is 12.0 Å². The standard InChI is InChI=1S/C12H16FNO2/c1-2-4-11(12(15)16)14-8-9-5-3-6-10(13)7-9/h3,5-7,11,14H,2,4,8H2,1H3,(H,15,16). The van der Waals surface area contributed by atoms with E-state index in [1.54, 1.807) is 12.1 Å². The molecule has 0 aliphatic carbocycles. The molecule has 0 aromatic heterocycles. The number of nitrogens with one attached hydrogen (secondary N) is 1. The predicted octanol–water partition coefficient (Wildman–Crippen LogP) is 2.17. The number of hydrogen-bond donors (Lipinski definition) is 2. The third-order valence-corrected chi connectivity index (χ3v) is 2.32. The number of rotatable bonds is 6. The minimum atomic E-state index is -0.863. The smallest absolute Gasteiger partial charge is 0.320 e. The number of halogens is 1. The zero-order valence-electron chi connectivity index (χ0n) is 9.24. The molecular formula is C12H16FNO2.